The van der Waals surface area contributed by atoms with Gasteiger partial charge in [0.15, 0.2) is 5.16 Å². The number of hydrogen-bond donors (Lipinski definition) is 0. The number of rotatable bonds is 7. The highest BCUT2D eigenvalue weighted by Gasteiger charge is 2.23. The summed E-state index contributed by atoms with van der Waals surface area (Å²) in [4.78, 5) is 16.4. The molecule has 1 aliphatic heterocycles. The molecule has 0 unspecified atom stereocenters. The van der Waals surface area contributed by atoms with Crippen LogP contribution < -0.4 is 4.90 Å². The maximum absolute atomic E-state index is 12.4. The molecule has 0 saturated carbocycles. The van der Waals surface area contributed by atoms with Crippen molar-refractivity contribution < 1.29 is 4.79 Å². The summed E-state index contributed by atoms with van der Waals surface area (Å²) >= 11 is 7.62. The van der Waals surface area contributed by atoms with Gasteiger partial charge in [0.1, 0.15) is 0 Å². The Labute approximate surface area is 163 Å². The number of aromatic nitrogens is 3. The van der Waals surface area contributed by atoms with E-state index < -0.39 is 0 Å². The zero-order valence-corrected chi connectivity index (χ0v) is 16.8. The molecular formula is C18H24ClN5OS. The van der Waals surface area contributed by atoms with E-state index in [1.165, 1.54) is 11.8 Å². The first-order valence-electron chi connectivity index (χ1n) is 9.01. The largest absolute Gasteiger partial charge is 0.343 e. The number of carbonyl (C=O) groups excluding carboxylic acids is 1. The standard InChI is InChI=1S/C18H24ClN5OS/c1-3-22(4-2)16(25)13-26-18-21-20-17(23-10-5-6-11-23)24(18)15-9-7-8-14(19)12-15/h7-9,12H,3-6,10-11,13H2,1-2H3. The molecule has 0 spiro atoms. The number of thioether (sulfide) groups is 1. The molecule has 140 valence electrons. The van der Waals surface area contributed by atoms with Gasteiger partial charge in [-0.1, -0.05) is 29.4 Å². The topological polar surface area (TPSA) is 54.3 Å². The van der Waals surface area contributed by atoms with Crippen LogP contribution in [0.15, 0.2) is 29.4 Å². The quantitative estimate of drug-likeness (QED) is 0.674. The van der Waals surface area contributed by atoms with Gasteiger partial charge >= 0.3 is 0 Å². The van der Waals surface area contributed by atoms with Crippen LogP contribution in [0.4, 0.5) is 5.95 Å². The van der Waals surface area contributed by atoms with Crippen molar-refractivity contribution >= 4 is 35.2 Å². The number of halogens is 1. The molecule has 0 aliphatic carbocycles. The molecule has 2 heterocycles. The van der Waals surface area contributed by atoms with E-state index in [9.17, 15) is 4.79 Å². The lowest BCUT2D eigenvalue weighted by Crippen LogP contribution is -2.32. The lowest BCUT2D eigenvalue weighted by atomic mass is 10.3. The SMILES string of the molecule is CCN(CC)C(=O)CSc1nnc(N2CCCC2)n1-c1cccc(Cl)c1. The third-order valence-electron chi connectivity index (χ3n) is 4.51. The molecule has 1 amide bonds. The number of benzene rings is 1. The summed E-state index contributed by atoms with van der Waals surface area (Å²) in [7, 11) is 0. The van der Waals surface area contributed by atoms with E-state index in [0.717, 1.165) is 55.8 Å². The summed E-state index contributed by atoms with van der Waals surface area (Å²) in [6, 6.07) is 7.66. The van der Waals surface area contributed by atoms with Crippen molar-refractivity contribution in [1.82, 2.24) is 19.7 Å². The highest BCUT2D eigenvalue weighted by Crippen LogP contribution is 2.29. The molecule has 1 aromatic carbocycles. The summed E-state index contributed by atoms with van der Waals surface area (Å²) < 4.78 is 2.01. The summed E-state index contributed by atoms with van der Waals surface area (Å²) in [5.41, 5.74) is 0.919. The molecule has 1 aliphatic rings. The number of anilines is 1. The van der Waals surface area contributed by atoms with Gasteiger partial charge in [-0.25, -0.2) is 0 Å². The van der Waals surface area contributed by atoms with Crippen LogP contribution in [-0.2, 0) is 4.79 Å². The molecule has 2 aromatic rings. The number of nitrogens with zero attached hydrogens (tertiary/aromatic N) is 5. The first-order chi connectivity index (χ1) is 12.6. The lowest BCUT2D eigenvalue weighted by Gasteiger charge is -2.19. The Hall–Kier alpha value is -1.73. The zero-order valence-electron chi connectivity index (χ0n) is 15.2. The summed E-state index contributed by atoms with van der Waals surface area (Å²) in [6.07, 6.45) is 2.32. The fraction of sp³-hybridized carbons (Fsp3) is 0.500. The Morgan fingerprint density at radius 3 is 2.62 bits per heavy atom. The molecular weight excluding hydrogens is 370 g/mol. The van der Waals surface area contributed by atoms with E-state index in [0.29, 0.717) is 10.8 Å². The molecule has 3 rings (SSSR count). The van der Waals surface area contributed by atoms with Crippen LogP contribution in [0.5, 0.6) is 0 Å². The van der Waals surface area contributed by atoms with E-state index in [2.05, 4.69) is 15.1 Å². The molecule has 0 radical (unpaired) electrons. The van der Waals surface area contributed by atoms with Gasteiger partial charge in [-0.3, -0.25) is 9.36 Å². The number of carbonyl (C=O) groups is 1. The van der Waals surface area contributed by atoms with Crippen LogP contribution in [0.1, 0.15) is 26.7 Å². The minimum atomic E-state index is 0.114. The first kappa shape index (κ1) is 19.0. The highest BCUT2D eigenvalue weighted by molar-refractivity contribution is 7.99. The van der Waals surface area contributed by atoms with Crippen molar-refractivity contribution in [2.24, 2.45) is 0 Å². The lowest BCUT2D eigenvalue weighted by molar-refractivity contribution is -0.127. The van der Waals surface area contributed by atoms with Crippen LogP contribution in [0.2, 0.25) is 5.02 Å². The summed E-state index contributed by atoms with van der Waals surface area (Å²) in [6.45, 7) is 7.37. The van der Waals surface area contributed by atoms with Crippen molar-refractivity contribution in [1.29, 1.82) is 0 Å². The Kier molecular flexibility index (Phi) is 6.43. The van der Waals surface area contributed by atoms with E-state index in [-0.39, 0.29) is 5.91 Å². The zero-order chi connectivity index (χ0) is 18.5. The first-order valence-corrected chi connectivity index (χ1v) is 10.4. The molecule has 6 nitrogen and oxygen atoms in total. The fourth-order valence-corrected chi connectivity index (χ4v) is 4.15. The van der Waals surface area contributed by atoms with E-state index in [1.807, 2.05) is 47.6 Å². The fourth-order valence-electron chi connectivity index (χ4n) is 3.11. The predicted molar refractivity (Wildman–Crippen MR) is 106 cm³/mol. The Morgan fingerprint density at radius 1 is 1.23 bits per heavy atom. The summed E-state index contributed by atoms with van der Waals surface area (Å²) in [5.74, 6) is 1.28. The third-order valence-corrected chi connectivity index (χ3v) is 5.66. The van der Waals surface area contributed by atoms with Crippen molar-refractivity contribution in [2.45, 2.75) is 31.8 Å². The van der Waals surface area contributed by atoms with Gasteiger partial charge in [0.25, 0.3) is 0 Å². The molecule has 0 atom stereocenters. The molecule has 26 heavy (non-hydrogen) atoms. The number of hydrogen-bond acceptors (Lipinski definition) is 5. The van der Waals surface area contributed by atoms with Crippen LogP contribution in [0, 0.1) is 0 Å². The Bertz CT molecular complexity index is 756. The van der Waals surface area contributed by atoms with Gasteiger partial charge < -0.3 is 9.80 Å². The second-order valence-corrected chi connectivity index (χ2v) is 7.53. The Balaban J connectivity index is 1.89. The maximum Gasteiger partial charge on any atom is 0.233 e. The smallest absolute Gasteiger partial charge is 0.233 e. The molecule has 1 saturated heterocycles. The minimum Gasteiger partial charge on any atom is -0.343 e. The Morgan fingerprint density at radius 2 is 1.96 bits per heavy atom. The monoisotopic (exact) mass is 393 g/mol. The minimum absolute atomic E-state index is 0.114. The highest BCUT2D eigenvalue weighted by atomic mass is 35.5. The van der Waals surface area contributed by atoms with Gasteiger partial charge in [-0.2, -0.15) is 0 Å². The predicted octanol–water partition coefficient (Wildman–Crippen LogP) is 3.48. The van der Waals surface area contributed by atoms with Crippen molar-refractivity contribution in [2.75, 3.05) is 36.8 Å². The van der Waals surface area contributed by atoms with Gasteiger partial charge in [0.05, 0.1) is 11.4 Å². The van der Waals surface area contributed by atoms with Crippen molar-refractivity contribution in [3.63, 3.8) is 0 Å². The molecule has 0 bridgehead atoms. The molecule has 1 fully saturated rings. The molecule has 0 N–H and O–H groups in total. The van der Waals surface area contributed by atoms with Crippen LogP contribution in [0.3, 0.4) is 0 Å². The van der Waals surface area contributed by atoms with Crippen LogP contribution in [0.25, 0.3) is 5.69 Å². The van der Waals surface area contributed by atoms with Gasteiger partial charge in [0.2, 0.25) is 11.9 Å². The van der Waals surface area contributed by atoms with Crippen molar-refractivity contribution in [3.05, 3.63) is 29.3 Å². The second-order valence-electron chi connectivity index (χ2n) is 6.15. The summed E-state index contributed by atoms with van der Waals surface area (Å²) in [5, 5.41) is 10.2. The van der Waals surface area contributed by atoms with Gasteiger partial charge in [0, 0.05) is 31.2 Å². The van der Waals surface area contributed by atoms with E-state index in [1.54, 1.807) is 0 Å². The third kappa shape index (κ3) is 4.15. The molecule has 1 aromatic heterocycles. The average molecular weight is 394 g/mol. The normalized spacial score (nSPS) is 14.0. The van der Waals surface area contributed by atoms with E-state index >= 15 is 0 Å². The van der Waals surface area contributed by atoms with Crippen LogP contribution in [-0.4, -0.2) is 57.5 Å². The maximum atomic E-state index is 12.4. The van der Waals surface area contributed by atoms with Crippen molar-refractivity contribution in [3.8, 4) is 5.69 Å². The number of amides is 1. The van der Waals surface area contributed by atoms with E-state index in [4.69, 9.17) is 11.6 Å². The van der Waals surface area contributed by atoms with Gasteiger partial charge in [-0.05, 0) is 44.9 Å². The second kappa shape index (κ2) is 8.77. The average Bonchev–Trinajstić information content (AvgIpc) is 3.30. The molecule has 8 heteroatoms. The van der Waals surface area contributed by atoms with Gasteiger partial charge in [-0.15, -0.1) is 10.2 Å². The van der Waals surface area contributed by atoms with Crippen LogP contribution >= 0.6 is 23.4 Å².